The van der Waals surface area contributed by atoms with Gasteiger partial charge in [-0.3, -0.25) is 0 Å². The normalized spacial score (nSPS) is 12.2. The number of primary sulfonamides is 1. The molecular weight excluding hydrogens is 433 g/mol. The molecule has 0 aliphatic heterocycles. The molecule has 0 aliphatic rings. The fourth-order valence-electron chi connectivity index (χ4n) is 2.79. The SMILES string of the molecule is NS(=O)(=O)c1c(F)cc(-c2ccc(-c3ccc(C(F)(F)F)cc3)c(S)c2)cc1F. The van der Waals surface area contributed by atoms with E-state index in [9.17, 15) is 30.4 Å². The zero-order chi connectivity index (χ0) is 21.6. The van der Waals surface area contributed by atoms with Gasteiger partial charge in [-0.05, 0) is 52.6 Å². The third-order valence-electron chi connectivity index (χ3n) is 4.14. The van der Waals surface area contributed by atoms with Gasteiger partial charge in [0.15, 0.2) is 4.90 Å². The van der Waals surface area contributed by atoms with Crippen LogP contribution in [-0.4, -0.2) is 8.42 Å². The lowest BCUT2D eigenvalue weighted by Gasteiger charge is -2.12. The molecule has 152 valence electrons. The van der Waals surface area contributed by atoms with Gasteiger partial charge in [-0.1, -0.05) is 24.3 Å². The Hall–Kier alpha value is -2.43. The maximum Gasteiger partial charge on any atom is 0.416 e. The van der Waals surface area contributed by atoms with Crippen LogP contribution in [0.15, 0.2) is 64.4 Å². The van der Waals surface area contributed by atoms with Crippen LogP contribution in [0.3, 0.4) is 0 Å². The summed E-state index contributed by atoms with van der Waals surface area (Å²) in [7, 11) is -4.57. The number of nitrogens with two attached hydrogens (primary N) is 1. The van der Waals surface area contributed by atoms with Crippen LogP contribution < -0.4 is 5.14 Å². The first kappa shape index (κ1) is 21.3. The zero-order valence-electron chi connectivity index (χ0n) is 14.3. The summed E-state index contributed by atoms with van der Waals surface area (Å²) in [5.74, 6) is -2.68. The first-order valence-corrected chi connectivity index (χ1v) is 9.90. The van der Waals surface area contributed by atoms with Crippen molar-refractivity contribution in [1.82, 2.24) is 0 Å². The summed E-state index contributed by atoms with van der Waals surface area (Å²) >= 11 is 4.30. The second-order valence-electron chi connectivity index (χ2n) is 6.12. The van der Waals surface area contributed by atoms with Crippen LogP contribution in [0.1, 0.15) is 5.56 Å². The Morgan fingerprint density at radius 3 is 1.76 bits per heavy atom. The minimum atomic E-state index is -4.57. The molecule has 29 heavy (non-hydrogen) atoms. The Bertz CT molecular complexity index is 1170. The molecule has 0 aliphatic carbocycles. The quantitative estimate of drug-likeness (QED) is 0.427. The molecule has 0 fully saturated rings. The summed E-state index contributed by atoms with van der Waals surface area (Å²) in [6, 6.07) is 10.6. The Balaban J connectivity index is 2.00. The number of thiol groups is 1. The third kappa shape index (κ3) is 4.44. The maximum absolute atomic E-state index is 14.1. The first-order valence-electron chi connectivity index (χ1n) is 7.91. The van der Waals surface area contributed by atoms with Crippen molar-refractivity contribution in [1.29, 1.82) is 0 Å². The summed E-state index contributed by atoms with van der Waals surface area (Å²) in [6.07, 6.45) is -4.45. The van der Waals surface area contributed by atoms with E-state index in [0.29, 0.717) is 21.6 Å². The molecule has 3 nitrogen and oxygen atoms in total. The van der Waals surface area contributed by atoms with Crippen LogP contribution in [0.4, 0.5) is 22.0 Å². The fourth-order valence-corrected chi connectivity index (χ4v) is 3.80. The third-order valence-corrected chi connectivity index (χ3v) is 5.47. The van der Waals surface area contributed by atoms with Crippen molar-refractivity contribution in [3.8, 4) is 22.3 Å². The molecule has 10 heteroatoms. The summed E-state index contributed by atoms with van der Waals surface area (Å²) in [4.78, 5) is -0.882. The van der Waals surface area contributed by atoms with E-state index in [-0.39, 0.29) is 5.56 Å². The molecule has 0 atom stereocenters. The average Bonchev–Trinajstić information content (AvgIpc) is 2.59. The van der Waals surface area contributed by atoms with E-state index in [4.69, 9.17) is 5.14 Å². The standard InChI is InChI=1S/C19H12F5NO2S2/c20-15-7-12(8-16(21)18(15)29(25,26)27)11-3-6-14(17(28)9-11)10-1-4-13(5-2-10)19(22,23)24/h1-9,28H,(H2,25,26,27). The molecular formula is C19H12F5NO2S2. The second kappa shape index (κ2) is 7.43. The van der Waals surface area contributed by atoms with Crippen molar-refractivity contribution in [2.24, 2.45) is 5.14 Å². The van der Waals surface area contributed by atoms with Crippen molar-refractivity contribution in [3.63, 3.8) is 0 Å². The minimum Gasteiger partial charge on any atom is -0.224 e. The van der Waals surface area contributed by atoms with Crippen molar-refractivity contribution >= 4 is 22.7 Å². The highest BCUT2D eigenvalue weighted by atomic mass is 32.2. The molecule has 0 saturated carbocycles. The van der Waals surface area contributed by atoms with Crippen LogP contribution in [0, 0.1) is 11.6 Å². The van der Waals surface area contributed by atoms with Crippen molar-refractivity contribution < 1.29 is 30.4 Å². The van der Waals surface area contributed by atoms with E-state index in [1.165, 1.54) is 30.3 Å². The van der Waals surface area contributed by atoms with Gasteiger partial charge in [0, 0.05) is 4.90 Å². The predicted molar refractivity (Wildman–Crippen MR) is 101 cm³/mol. The van der Waals surface area contributed by atoms with E-state index in [2.05, 4.69) is 12.6 Å². The number of rotatable bonds is 3. The molecule has 2 N–H and O–H groups in total. The number of halogens is 5. The lowest BCUT2D eigenvalue weighted by molar-refractivity contribution is -0.137. The molecule has 3 aromatic rings. The first-order chi connectivity index (χ1) is 13.4. The minimum absolute atomic E-state index is 0.0432. The number of hydrogen-bond acceptors (Lipinski definition) is 3. The van der Waals surface area contributed by atoms with E-state index in [0.717, 1.165) is 24.3 Å². The summed E-state index contributed by atoms with van der Waals surface area (Å²) < 4.78 is 88.7. The molecule has 0 heterocycles. The molecule has 3 rings (SSSR count). The Labute approximate surface area is 168 Å². The van der Waals surface area contributed by atoms with E-state index in [1.54, 1.807) is 0 Å². The van der Waals surface area contributed by atoms with Gasteiger partial charge in [0.25, 0.3) is 0 Å². The molecule has 3 aromatic carbocycles. The summed E-state index contributed by atoms with van der Waals surface area (Å²) in [5, 5.41) is 4.80. The van der Waals surface area contributed by atoms with Crippen LogP contribution >= 0.6 is 12.6 Å². The molecule has 0 radical (unpaired) electrons. The van der Waals surface area contributed by atoms with Crippen LogP contribution in [0.2, 0.25) is 0 Å². The number of alkyl halides is 3. The number of sulfonamides is 1. The maximum atomic E-state index is 14.1. The van der Waals surface area contributed by atoms with Gasteiger partial charge < -0.3 is 0 Å². The van der Waals surface area contributed by atoms with Crippen molar-refractivity contribution in [3.05, 3.63) is 71.8 Å². The van der Waals surface area contributed by atoms with Crippen molar-refractivity contribution in [2.75, 3.05) is 0 Å². The monoisotopic (exact) mass is 445 g/mol. The van der Waals surface area contributed by atoms with Gasteiger partial charge >= 0.3 is 6.18 Å². The van der Waals surface area contributed by atoms with Crippen LogP contribution in [0.5, 0.6) is 0 Å². The topological polar surface area (TPSA) is 60.2 Å². The summed E-state index contributed by atoms with van der Waals surface area (Å²) in [6.45, 7) is 0. The lowest BCUT2D eigenvalue weighted by Crippen LogP contribution is -2.16. The Morgan fingerprint density at radius 1 is 0.793 bits per heavy atom. The van der Waals surface area contributed by atoms with E-state index in [1.807, 2.05) is 0 Å². The van der Waals surface area contributed by atoms with Crippen LogP contribution in [0.25, 0.3) is 22.3 Å². The second-order valence-corrected chi connectivity index (χ2v) is 8.10. The van der Waals surface area contributed by atoms with Gasteiger partial charge in [-0.15, -0.1) is 12.6 Å². The highest BCUT2D eigenvalue weighted by Crippen LogP contribution is 2.35. The number of hydrogen-bond donors (Lipinski definition) is 2. The Morgan fingerprint density at radius 2 is 1.31 bits per heavy atom. The van der Waals surface area contributed by atoms with Gasteiger partial charge in [-0.2, -0.15) is 13.2 Å². The lowest BCUT2D eigenvalue weighted by atomic mass is 9.99. The van der Waals surface area contributed by atoms with Gasteiger partial charge in [0.05, 0.1) is 5.56 Å². The van der Waals surface area contributed by atoms with Crippen LogP contribution in [-0.2, 0) is 16.2 Å². The Kier molecular flexibility index (Phi) is 5.46. The van der Waals surface area contributed by atoms with Gasteiger partial charge in [0.1, 0.15) is 11.6 Å². The molecule has 0 aromatic heterocycles. The summed E-state index contributed by atoms with van der Waals surface area (Å²) in [5.41, 5.74) is 0.551. The predicted octanol–water partition coefficient (Wildman–Crippen LogP) is 5.25. The number of benzene rings is 3. The molecule has 0 spiro atoms. The molecule has 0 saturated heterocycles. The highest BCUT2D eigenvalue weighted by Gasteiger charge is 2.30. The van der Waals surface area contributed by atoms with E-state index < -0.39 is 38.3 Å². The average molecular weight is 445 g/mol. The van der Waals surface area contributed by atoms with Gasteiger partial charge in [0.2, 0.25) is 10.0 Å². The molecule has 0 amide bonds. The zero-order valence-corrected chi connectivity index (χ0v) is 16.0. The fraction of sp³-hybridized carbons (Fsp3) is 0.0526. The van der Waals surface area contributed by atoms with E-state index >= 15 is 0 Å². The molecule has 0 bridgehead atoms. The largest absolute Gasteiger partial charge is 0.416 e. The van der Waals surface area contributed by atoms with Gasteiger partial charge in [-0.25, -0.2) is 22.3 Å². The smallest absolute Gasteiger partial charge is 0.224 e. The van der Waals surface area contributed by atoms with Crippen molar-refractivity contribution in [2.45, 2.75) is 16.0 Å². The molecule has 0 unspecified atom stereocenters. The highest BCUT2D eigenvalue weighted by molar-refractivity contribution is 7.89.